The van der Waals surface area contributed by atoms with Gasteiger partial charge in [0.25, 0.3) is 0 Å². The highest BCUT2D eigenvalue weighted by Crippen LogP contribution is 2.38. The molecule has 0 bridgehead atoms. The Balaban J connectivity index is 1.48. The van der Waals surface area contributed by atoms with Gasteiger partial charge in [0.05, 0.1) is 37.1 Å². The fourth-order valence-electron chi connectivity index (χ4n) is 5.50. The van der Waals surface area contributed by atoms with Gasteiger partial charge in [-0.05, 0) is 62.3 Å². The molecule has 2 atom stereocenters. The van der Waals surface area contributed by atoms with E-state index in [1.54, 1.807) is 13.1 Å². The summed E-state index contributed by atoms with van der Waals surface area (Å²) in [5.41, 5.74) is 3.94. The minimum atomic E-state index is -2.82. The summed E-state index contributed by atoms with van der Waals surface area (Å²) in [6.07, 6.45) is 6.75. The Kier molecular flexibility index (Phi) is 8.58. The number of anilines is 2. The molecule has 11 heteroatoms. The van der Waals surface area contributed by atoms with E-state index < -0.39 is 12.7 Å². The van der Waals surface area contributed by atoms with Crippen LogP contribution in [0.5, 0.6) is 0 Å². The number of hydrogen-bond donors (Lipinski definition) is 2. The summed E-state index contributed by atoms with van der Waals surface area (Å²) in [4.78, 5) is 11.5. The van der Waals surface area contributed by atoms with E-state index >= 15 is 0 Å². The monoisotopic (exact) mass is 544 g/mol. The quantitative estimate of drug-likeness (QED) is 0.400. The number of pyridine rings is 1. The fourth-order valence-corrected chi connectivity index (χ4v) is 5.50. The molecule has 0 spiro atoms. The van der Waals surface area contributed by atoms with E-state index in [1.807, 2.05) is 16.8 Å². The Hall–Kier alpha value is -2.89. The first-order valence-electron chi connectivity index (χ1n) is 13.8. The van der Waals surface area contributed by atoms with Crippen LogP contribution in [0, 0.1) is 5.92 Å². The van der Waals surface area contributed by atoms with Gasteiger partial charge in [-0.1, -0.05) is 13.8 Å². The molecule has 39 heavy (non-hydrogen) atoms. The number of halogens is 2. The van der Waals surface area contributed by atoms with E-state index in [0.29, 0.717) is 18.5 Å². The lowest BCUT2D eigenvalue weighted by Gasteiger charge is -2.35. The van der Waals surface area contributed by atoms with Crippen molar-refractivity contribution in [3.63, 3.8) is 0 Å². The van der Waals surface area contributed by atoms with E-state index in [-0.39, 0.29) is 24.7 Å². The van der Waals surface area contributed by atoms with Crippen LogP contribution < -0.4 is 10.2 Å². The molecule has 2 N–H and O–H groups in total. The lowest BCUT2D eigenvalue weighted by Crippen LogP contribution is -2.45. The van der Waals surface area contributed by atoms with Crippen molar-refractivity contribution in [3.8, 4) is 11.1 Å². The van der Waals surface area contributed by atoms with Crippen LogP contribution in [0.1, 0.15) is 58.1 Å². The summed E-state index contributed by atoms with van der Waals surface area (Å²) in [6.45, 7) is 5.36. The lowest BCUT2D eigenvalue weighted by atomic mass is 9.85. The number of hydrogen-bond acceptors (Lipinski definition) is 8. The van der Waals surface area contributed by atoms with Crippen LogP contribution in [0.2, 0.25) is 0 Å². The van der Waals surface area contributed by atoms with E-state index in [2.05, 4.69) is 50.9 Å². The van der Waals surface area contributed by atoms with Crippen molar-refractivity contribution < 1.29 is 23.4 Å². The van der Waals surface area contributed by atoms with Gasteiger partial charge in [0.1, 0.15) is 5.82 Å². The summed E-state index contributed by atoms with van der Waals surface area (Å²) in [5.74, 6) is 1.92. The maximum atomic E-state index is 12.5. The van der Waals surface area contributed by atoms with Gasteiger partial charge < -0.3 is 24.8 Å². The number of morpholine rings is 1. The first-order chi connectivity index (χ1) is 18.8. The second kappa shape index (κ2) is 12.1. The van der Waals surface area contributed by atoms with Crippen LogP contribution in [-0.4, -0.2) is 75.9 Å². The van der Waals surface area contributed by atoms with Crippen molar-refractivity contribution >= 4 is 17.3 Å². The van der Waals surface area contributed by atoms with Crippen molar-refractivity contribution in [3.05, 3.63) is 36.3 Å². The molecular formula is C28H38F2N6O3. The zero-order valence-corrected chi connectivity index (χ0v) is 22.8. The van der Waals surface area contributed by atoms with Gasteiger partial charge in [0.15, 0.2) is 0 Å². The topological polar surface area (TPSA) is 97.0 Å². The van der Waals surface area contributed by atoms with Crippen molar-refractivity contribution in [1.82, 2.24) is 19.6 Å². The van der Waals surface area contributed by atoms with Gasteiger partial charge in [-0.3, -0.25) is 0 Å². The van der Waals surface area contributed by atoms with Gasteiger partial charge in [0.2, 0.25) is 5.95 Å². The minimum Gasteiger partial charge on any atom is -0.393 e. The molecule has 5 rings (SSSR count). The number of nitrogens with zero attached hydrogens (tertiary/aromatic N) is 5. The van der Waals surface area contributed by atoms with E-state index in [9.17, 15) is 13.9 Å². The average molecular weight is 545 g/mol. The van der Waals surface area contributed by atoms with Crippen molar-refractivity contribution in [2.45, 2.75) is 77.2 Å². The predicted octanol–water partition coefficient (Wildman–Crippen LogP) is 4.71. The molecule has 2 fully saturated rings. The zero-order valence-electron chi connectivity index (χ0n) is 22.8. The normalized spacial score (nSPS) is 23.1. The zero-order chi connectivity index (χ0) is 27.5. The van der Waals surface area contributed by atoms with Gasteiger partial charge in [-0.15, -0.1) is 5.10 Å². The molecule has 1 saturated heterocycles. The molecule has 9 nitrogen and oxygen atoms in total. The summed E-state index contributed by atoms with van der Waals surface area (Å²) < 4.78 is 37.3. The molecule has 0 amide bonds. The second-order valence-electron chi connectivity index (χ2n) is 11.0. The maximum Gasteiger partial charge on any atom is 0.345 e. The highest BCUT2D eigenvalue weighted by atomic mass is 19.3. The number of aromatic nitrogens is 4. The number of alkyl halides is 2. The third-order valence-corrected chi connectivity index (χ3v) is 7.72. The predicted molar refractivity (Wildman–Crippen MR) is 145 cm³/mol. The fraction of sp³-hybridized carbons (Fsp3) is 0.607. The Morgan fingerprint density at radius 3 is 2.69 bits per heavy atom. The Labute approximate surface area is 227 Å². The van der Waals surface area contributed by atoms with Crippen LogP contribution in [0.25, 0.3) is 16.6 Å². The van der Waals surface area contributed by atoms with E-state index in [0.717, 1.165) is 66.9 Å². The van der Waals surface area contributed by atoms with Gasteiger partial charge >= 0.3 is 6.61 Å². The summed E-state index contributed by atoms with van der Waals surface area (Å²) in [5, 5.41) is 17.9. The molecule has 1 saturated carbocycles. The largest absolute Gasteiger partial charge is 0.393 e. The van der Waals surface area contributed by atoms with Gasteiger partial charge in [-0.2, -0.15) is 8.78 Å². The standard InChI is InChI=1S/C28H38F2N6O3/c1-17(2)25-15-35(10-11-38-25)26-12-20(8-9-31-26)22-13-23(19-4-6-21(37)7-5-19)36-24(22)14-32-28(34-36)33-18(3)16-39-27(29)30/h8-9,12-14,17-19,21,25,27,37H,4-7,10-11,15-16H2,1-3H3,(H,33,34)/t18-,19?,21?,25-/m0/s1. The maximum absolute atomic E-state index is 12.5. The number of aliphatic hydroxyl groups excluding tert-OH is 1. The smallest absolute Gasteiger partial charge is 0.345 e. The molecule has 0 radical (unpaired) electrons. The number of fused-ring (bicyclic) bond motifs is 1. The van der Waals surface area contributed by atoms with Crippen LogP contribution in [0.3, 0.4) is 0 Å². The third-order valence-electron chi connectivity index (χ3n) is 7.72. The molecule has 212 valence electrons. The van der Waals surface area contributed by atoms with Crippen LogP contribution in [0.15, 0.2) is 30.6 Å². The first-order valence-corrected chi connectivity index (χ1v) is 13.8. The molecule has 1 aliphatic carbocycles. The molecular weight excluding hydrogens is 506 g/mol. The molecule has 4 heterocycles. The van der Waals surface area contributed by atoms with Crippen LogP contribution in [-0.2, 0) is 9.47 Å². The first kappa shape index (κ1) is 27.7. The molecule has 3 aromatic rings. The Morgan fingerprint density at radius 1 is 1.15 bits per heavy atom. The molecule has 3 aromatic heterocycles. The second-order valence-corrected chi connectivity index (χ2v) is 11.0. The number of ether oxygens (including phenoxy) is 2. The number of nitrogens with one attached hydrogen (secondary N) is 1. The summed E-state index contributed by atoms with van der Waals surface area (Å²) in [6, 6.07) is 5.89. The number of aliphatic hydroxyl groups is 1. The van der Waals surface area contributed by atoms with Crippen molar-refractivity contribution in [2.75, 3.05) is 36.5 Å². The third kappa shape index (κ3) is 6.47. The highest BCUT2D eigenvalue weighted by molar-refractivity contribution is 5.82. The van der Waals surface area contributed by atoms with E-state index in [4.69, 9.17) is 9.84 Å². The average Bonchev–Trinajstić information content (AvgIpc) is 3.31. The summed E-state index contributed by atoms with van der Waals surface area (Å²) >= 11 is 0. The Bertz CT molecular complexity index is 1250. The SMILES string of the molecule is CC(C)[C@@H]1CN(c2cc(-c3cc(C4CCC(O)CC4)n4nc(N[C@@H](C)COC(F)F)ncc34)ccn2)CCO1. The molecule has 0 aromatic carbocycles. The molecule has 1 aliphatic heterocycles. The Morgan fingerprint density at radius 2 is 1.95 bits per heavy atom. The van der Waals surface area contributed by atoms with Crippen molar-refractivity contribution in [2.24, 2.45) is 5.92 Å². The van der Waals surface area contributed by atoms with Crippen LogP contribution >= 0.6 is 0 Å². The molecule has 2 aliphatic rings. The number of rotatable bonds is 9. The van der Waals surface area contributed by atoms with Gasteiger partial charge in [0, 0.05) is 42.5 Å². The van der Waals surface area contributed by atoms with E-state index in [1.165, 1.54) is 0 Å². The van der Waals surface area contributed by atoms with Gasteiger partial charge in [-0.25, -0.2) is 14.5 Å². The summed E-state index contributed by atoms with van der Waals surface area (Å²) in [7, 11) is 0. The minimum absolute atomic E-state index is 0.164. The lowest BCUT2D eigenvalue weighted by molar-refractivity contribution is -0.130. The van der Waals surface area contributed by atoms with Crippen LogP contribution in [0.4, 0.5) is 20.5 Å². The highest BCUT2D eigenvalue weighted by Gasteiger charge is 2.27. The molecule has 0 unspecified atom stereocenters. The van der Waals surface area contributed by atoms with Crippen molar-refractivity contribution in [1.29, 1.82) is 0 Å².